The lowest BCUT2D eigenvalue weighted by atomic mass is 10.0. The van der Waals surface area contributed by atoms with Crippen LogP contribution < -0.4 is 10.6 Å². The molecule has 0 radical (unpaired) electrons. The average Bonchev–Trinajstić information content (AvgIpc) is 3.21. The van der Waals surface area contributed by atoms with Gasteiger partial charge in [0.2, 0.25) is 5.95 Å². The van der Waals surface area contributed by atoms with Gasteiger partial charge in [-0.1, -0.05) is 24.3 Å². The van der Waals surface area contributed by atoms with Gasteiger partial charge >= 0.3 is 0 Å². The SMILES string of the molecule is COCCNC(=O)c1cccc(-c2ccc3nc(Nc4ccccc4C#N)nn3c2)c1. The normalized spacial score (nSPS) is 10.6. The van der Waals surface area contributed by atoms with Gasteiger partial charge in [0, 0.05) is 31.0 Å². The molecule has 0 aliphatic rings. The van der Waals surface area contributed by atoms with Crippen LogP contribution in [0.15, 0.2) is 66.9 Å². The number of carbonyl (C=O) groups excluding carboxylic acids is 1. The smallest absolute Gasteiger partial charge is 0.251 e. The number of ether oxygens (including phenoxy) is 1. The first-order chi connectivity index (χ1) is 15.2. The molecule has 31 heavy (non-hydrogen) atoms. The summed E-state index contributed by atoms with van der Waals surface area (Å²) in [7, 11) is 1.59. The van der Waals surface area contributed by atoms with E-state index >= 15 is 0 Å². The highest BCUT2D eigenvalue weighted by atomic mass is 16.5. The Hall–Kier alpha value is -4.22. The Morgan fingerprint density at radius 1 is 1.13 bits per heavy atom. The van der Waals surface area contributed by atoms with Crippen LogP contribution >= 0.6 is 0 Å². The number of methoxy groups -OCH3 is 1. The molecule has 4 aromatic rings. The maximum atomic E-state index is 12.3. The van der Waals surface area contributed by atoms with Gasteiger partial charge in [-0.15, -0.1) is 5.10 Å². The van der Waals surface area contributed by atoms with Crippen molar-refractivity contribution >= 4 is 23.2 Å². The zero-order valence-electron chi connectivity index (χ0n) is 16.9. The van der Waals surface area contributed by atoms with Gasteiger partial charge < -0.3 is 15.4 Å². The Bertz CT molecular complexity index is 1270. The molecule has 0 spiro atoms. The van der Waals surface area contributed by atoms with Crippen LogP contribution in [0.2, 0.25) is 0 Å². The van der Waals surface area contributed by atoms with E-state index in [-0.39, 0.29) is 5.91 Å². The molecule has 2 aromatic heterocycles. The molecule has 0 saturated heterocycles. The number of amides is 1. The highest BCUT2D eigenvalue weighted by molar-refractivity contribution is 5.95. The van der Waals surface area contributed by atoms with E-state index < -0.39 is 0 Å². The van der Waals surface area contributed by atoms with E-state index in [0.717, 1.165) is 11.1 Å². The fourth-order valence-corrected chi connectivity index (χ4v) is 3.13. The molecule has 0 bridgehead atoms. The van der Waals surface area contributed by atoms with Crippen molar-refractivity contribution in [3.63, 3.8) is 0 Å². The molecule has 8 nitrogen and oxygen atoms in total. The summed E-state index contributed by atoms with van der Waals surface area (Å²) in [6, 6.07) is 20.5. The third kappa shape index (κ3) is 4.52. The molecule has 0 atom stereocenters. The third-order valence-corrected chi connectivity index (χ3v) is 4.67. The number of aromatic nitrogens is 3. The van der Waals surface area contributed by atoms with Crippen LogP contribution in [-0.4, -0.2) is 40.8 Å². The lowest BCUT2D eigenvalue weighted by molar-refractivity contribution is 0.0937. The van der Waals surface area contributed by atoms with Gasteiger partial charge in [0.1, 0.15) is 6.07 Å². The molecule has 2 N–H and O–H groups in total. The van der Waals surface area contributed by atoms with E-state index in [1.807, 2.05) is 42.6 Å². The largest absolute Gasteiger partial charge is 0.383 e. The van der Waals surface area contributed by atoms with Crippen LogP contribution in [0.1, 0.15) is 15.9 Å². The van der Waals surface area contributed by atoms with Crippen molar-refractivity contribution in [1.29, 1.82) is 5.26 Å². The van der Waals surface area contributed by atoms with Crippen LogP contribution in [0.3, 0.4) is 0 Å². The molecule has 0 aliphatic heterocycles. The highest BCUT2D eigenvalue weighted by Gasteiger charge is 2.10. The van der Waals surface area contributed by atoms with Crippen molar-refractivity contribution in [2.45, 2.75) is 0 Å². The summed E-state index contributed by atoms with van der Waals surface area (Å²) in [5, 5.41) is 19.6. The number of nitrogens with zero attached hydrogens (tertiary/aromatic N) is 4. The van der Waals surface area contributed by atoms with Crippen molar-refractivity contribution in [1.82, 2.24) is 19.9 Å². The summed E-state index contributed by atoms with van der Waals surface area (Å²) >= 11 is 0. The summed E-state index contributed by atoms with van der Waals surface area (Å²) in [6.07, 6.45) is 1.85. The number of carbonyl (C=O) groups is 1. The molecular formula is C23H20N6O2. The fraction of sp³-hybridized carbons (Fsp3) is 0.130. The van der Waals surface area contributed by atoms with E-state index in [9.17, 15) is 10.1 Å². The fourth-order valence-electron chi connectivity index (χ4n) is 3.13. The van der Waals surface area contributed by atoms with Crippen molar-refractivity contribution in [3.8, 4) is 17.2 Å². The average molecular weight is 412 g/mol. The Labute approximate surface area is 179 Å². The number of benzene rings is 2. The molecule has 0 aliphatic carbocycles. The molecule has 0 saturated carbocycles. The van der Waals surface area contributed by atoms with Gasteiger partial charge in [0.25, 0.3) is 5.91 Å². The molecule has 0 unspecified atom stereocenters. The number of fused-ring (bicyclic) bond motifs is 1. The monoisotopic (exact) mass is 412 g/mol. The van der Waals surface area contributed by atoms with E-state index in [0.29, 0.717) is 41.6 Å². The Morgan fingerprint density at radius 3 is 2.84 bits per heavy atom. The van der Waals surface area contributed by atoms with E-state index in [1.165, 1.54) is 0 Å². The number of hydrogen-bond donors (Lipinski definition) is 2. The second kappa shape index (κ2) is 9.07. The van der Waals surface area contributed by atoms with Crippen LogP contribution in [0.4, 0.5) is 11.6 Å². The second-order valence-corrected chi connectivity index (χ2v) is 6.77. The first kappa shape index (κ1) is 20.1. The lowest BCUT2D eigenvalue weighted by Gasteiger charge is -2.07. The van der Waals surface area contributed by atoms with Gasteiger partial charge in [0.15, 0.2) is 5.65 Å². The quantitative estimate of drug-likeness (QED) is 0.451. The van der Waals surface area contributed by atoms with Crippen LogP contribution in [-0.2, 0) is 4.74 Å². The topological polar surface area (TPSA) is 104 Å². The molecule has 8 heteroatoms. The lowest BCUT2D eigenvalue weighted by Crippen LogP contribution is -2.26. The Balaban J connectivity index is 1.58. The second-order valence-electron chi connectivity index (χ2n) is 6.77. The van der Waals surface area contributed by atoms with E-state index in [2.05, 4.69) is 26.8 Å². The predicted octanol–water partition coefficient (Wildman–Crippen LogP) is 3.39. The number of para-hydroxylation sites is 1. The molecular weight excluding hydrogens is 392 g/mol. The number of rotatable bonds is 7. The number of nitriles is 1. The van der Waals surface area contributed by atoms with Gasteiger partial charge in [0.05, 0.1) is 17.9 Å². The summed E-state index contributed by atoms with van der Waals surface area (Å²) in [4.78, 5) is 16.8. The minimum Gasteiger partial charge on any atom is -0.383 e. The van der Waals surface area contributed by atoms with Gasteiger partial charge in [-0.3, -0.25) is 4.79 Å². The van der Waals surface area contributed by atoms with Crippen LogP contribution in [0, 0.1) is 11.3 Å². The van der Waals surface area contributed by atoms with E-state index in [4.69, 9.17) is 4.74 Å². The molecule has 154 valence electrons. The number of pyridine rings is 1. The zero-order chi connectivity index (χ0) is 21.6. The Kier molecular flexibility index (Phi) is 5.87. The number of nitrogens with one attached hydrogen (secondary N) is 2. The first-order valence-corrected chi connectivity index (χ1v) is 9.68. The molecule has 1 amide bonds. The van der Waals surface area contributed by atoms with Gasteiger partial charge in [-0.25, -0.2) is 4.52 Å². The predicted molar refractivity (Wildman–Crippen MR) is 117 cm³/mol. The van der Waals surface area contributed by atoms with Crippen LogP contribution in [0.25, 0.3) is 16.8 Å². The molecule has 2 heterocycles. The highest BCUT2D eigenvalue weighted by Crippen LogP contribution is 2.23. The zero-order valence-corrected chi connectivity index (χ0v) is 16.9. The van der Waals surface area contributed by atoms with Crippen LogP contribution in [0.5, 0.6) is 0 Å². The van der Waals surface area contributed by atoms with Crippen molar-refractivity contribution in [2.75, 3.05) is 25.6 Å². The standard InChI is InChI=1S/C23H20N6O2/c1-31-12-11-25-22(30)17-7-4-6-16(13-17)19-9-10-21-27-23(28-29(21)15-19)26-20-8-3-2-5-18(20)14-24/h2-10,13,15H,11-12H2,1H3,(H,25,30)(H,26,28). The maximum absolute atomic E-state index is 12.3. The minimum absolute atomic E-state index is 0.150. The number of anilines is 2. The maximum Gasteiger partial charge on any atom is 0.251 e. The van der Waals surface area contributed by atoms with Gasteiger partial charge in [-0.05, 0) is 42.0 Å². The van der Waals surface area contributed by atoms with Crippen molar-refractivity contribution in [2.24, 2.45) is 0 Å². The summed E-state index contributed by atoms with van der Waals surface area (Å²) in [5.74, 6) is 0.245. The van der Waals surface area contributed by atoms with Gasteiger partial charge in [-0.2, -0.15) is 10.2 Å². The summed E-state index contributed by atoms with van der Waals surface area (Å²) < 4.78 is 6.63. The third-order valence-electron chi connectivity index (χ3n) is 4.67. The summed E-state index contributed by atoms with van der Waals surface area (Å²) in [5.41, 5.74) is 4.18. The van der Waals surface area contributed by atoms with E-state index in [1.54, 1.807) is 35.9 Å². The summed E-state index contributed by atoms with van der Waals surface area (Å²) in [6.45, 7) is 0.915. The first-order valence-electron chi connectivity index (χ1n) is 9.68. The Morgan fingerprint density at radius 2 is 2.00 bits per heavy atom. The molecule has 4 rings (SSSR count). The van der Waals surface area contributed by atoms with Crippen molar-refractivity contribution < 1.29 is 9.53 Å². The molecule has 0 fully saturated rings. The minimum atomic E-state index is -0.150. The van der Waals surface area contributed by atoms with Crippen molar-refractivity contribution in [3.05, 3.63) is 78.0 Å². The molecule has 2 aromatic carbocycles. The number of hydrogen-bond acceptors (Lipinski definition) is 6.